The molecule has 0 radical (unpaired) electrons. The SMILES string of the molecule is CNC(Cc1ccc(OC)c(Br)c1)c1ccc(SC)cc1. The number of thioether (sulfide) groups is 1. The van der Waals surface area contributed by atoms with Crippen molar-refractivity contribution in [1.82, 2.24) is 5.32 Å². The van der Waals surface area contributed by atoms with E-state index in [1.165, 1.54) is 16.0 Å². The summed E-state index contributed by atoms with van der Waals surface area (Å²) in [4.78, 5) is 1.29. The molecule has 0 aliphatic carbocycles. The summed E-state index contributed by atoms with van der Waals surface area (Å²) in [5, 5.41) is 3.40. The monoisotopic (exact) mass is 365 g/mol. The summed E-state index contributed by atoms with van der Waals surface area (Å²) >= 11 is 5.31. The minimum Gasteiger partial charge on any atom is -0.496 e. The van der Waals surface area contributed by atoms with Crippen molar-refractivity contribution in [2.24, 2.45) is 0 Å². The van der Waals surface area contributed by atoms with Gasteiger partial charge < -0.3 is 10.1 Å². The first kappa shape index (κ1) is 16.4. The molecule has 21 heavy (non-hydrogen) atoms. The molecule has 1 atom stereocenters. The van der Waals surface area contributed by atoms with Gasteiger partial charge in [0.25, 0.3) is 0 Å². The number of hydrogen-bond acceptors (Lipinski definition) is 3. The van der Waals surface area contributed by atoms with Gasteiger partial charge in [-0.1, -0.05) is 18.2 Å². The van der Waals surface area contributed by atoms with Gasteiger partial charge in [0, 0.05) is 10.9 Å². The van der Waals surface area contributed by atoms with E-state index in [4.69, 9.17) is 4.74 Å². The quantitative estimate of drug-likeness (QED) is 0.750. The van der Waals surface area contributed by atoms with E-state index in [9.17, 15) is 0 Å². The fraction of sp³-hybridized carbons (Fsp3) is 0.294. The van der Waals surface area contributed by atoms with Crippen LogP contribution in [0.4, 0.5) is 0 Å². The van der Waals surface area contributed by atoms with Gasteiger partial charge in [0.1, 0.15) is 5.75 Å². The van der Waals surface area contributed by atoms with Crippen LogP contribution < -0.4 is 10.1 Å². The first-order valence-electron chi connectivity index (χ1n) is 6.81. The van der Waals surface area contributed by atoms with Crippen LogP contribution in [0.1, 0.15) is 17.2 Å². The Balaban J connectivity index is 2.16. The van der Waals surface area contributed by atoms with Crippen LogP contribution in [-0.2, 0) is 6.42 Å². The highest BCUT2D eigenvalue weighted by Crippen LogP contribution is 2.28. The van der Waals surface area contributed by atoms with Crippen molar-refractivity contribution in [2.75, 3.05) is 20.4 Å². The molecule has 112 valence electrons. The molecule has 0 aromatic heterocycles. The zero-order valence-electron chi connectivity index (χ0n) is 12.5. The normalized spacial score (nSPS) is 12.2. The fourth-order valence-electron chi connectivity index (χ4n) is 2.30. The maximum atomic E-state index is 5.28. The Hall–Kier alpha value is -0.970. The van der Waals surface area contributed by atoms with Crippen molar-refractivity contribution in [2.45, 2.75) is 17.4 Å². The van der Waals surface area contributed by atoms with Crippen molar-refractivity contribution < 1.29 is 4.74 Å². The Bertz CT molecular complexity index is 586. The Morgan fingerprint density at radius 1 is 1.19 bits per heavy atom. The lowest BCUT2D eigenvalue weighted by molar-refractivity contribution is 0.412. The Morgan fingerprint density at radius 3 is 2.43 bits per heavy atom. The molecule has 0 heterocycles. The number of likely N-dealkylation sites (N-methyl/N-ethyl adjacent to an activating group) is 1. The summed E-state index contributed by atoms with van der Waals surface area (Å²) in [6.45, 7) is 0. The van der Waals surface area contributed by atoms with Crippen molar-refractivity contribution >= 4 is 27.7 Å². The summed E-state index contributed by atoms with van der Waals surface area (Å²) in [6, 6.07) is 15.3. The lowest BCUT2D eigenvalue weighted by atomic mass is 9.99. The molecule has 1 N–H and O–H groups in total. The van der Waals surface area contributed by atoms with Crippen LogP contribution in [0.3, 0.4) is 0 Å². The van der Waals surface area contributed by atoms with Gasteiger partial charge in [0.2, 0.25) is 0 Å². The second kappa shape index (κ2) is 7.87. The van der Waals surface area contributed by atoms with Gasteiger partial charge in [-0.25, -0.2) is 0 Å². The number of benzene rings is 2. The summed E-state index contributed by atoms with van der Waals surface area (Å²) in [5.74, 6) is 0.865. The van der Waals surface area contributed by atoms with Crippen molar-refractivity contribution in [3.8, 4) is 5.75 Å². The molecular formula is C17H20BrNOS. The zero-order chi connectivity index (χ0) is 15.2. The number of nitrogens with one attached hydrogen (secondary N) is 1. The lowest BCUT2D eigenvalue weighted by Crippen LogP contribution is -2.18. The Labute approximate surface area is 139 Å². The van der Waals surface area contributed by atoms with Crippen LogP contribution in [0.2, 0.25) is 0 Å². The molecule has 0 fully saturated rings. The highest BCUT2D eigenvalue weighted by Gasteiger charge is 2.11. The van der Waals surface area contributed by atoms with Crippen LogP contribution in [0.25, 0.3) is 0 Å². The van der Waals surface area contributed by atoms with Gasteiger partial charge in [-0.2, -0.15) is 0 Å². The largest absolute Gasteiger partial charge is 0.496 e. The first-order chi connectivity index (χ1) is 10.2. The lowest BCUT2D eigenvalue weighted by Gasteiger charge is -2.18. The number of rotatable bonds is 6. The molecule has 4 heteroatoms. The predicted octanol–water partition coefficient (Wildman–Crippen LogP) is 4.68. The van der Waals surface area contributed by atoms with E-state index in [2.05, 4.69) is 63.9 Å². The maximum absolute atomic E-state index is 5.28. The van der Waals surface area contributed by atoms with Crippen molar-refractivity contribution in [1.29, 1.82) is 0 Å². The minimum atomic E-state index is 0.307. The number of halogens is 1. The number of methoxy groups -OCH3 is 1. The van der Waals surface area contributed by atoms with Crippen LogP contribution in [-0.4, -0.2) is 20.4 Å². The molecule has 0 saturated carbocycles. The van der Waals surface area contributed by atoms with Crippen molar-refractivity contribution in [3.63, 3.8) is 0 Å². The maximum Gasteiger partial charge on any atom is 0.133 e. The smallest absolute Gasteiger partial charge is 0.133 e. The van der Waals surface area contributed by atoms with Gasteiger partial charge >= 0.3 is 0 Å². The second-order valence-electron chi connectivity index (χ2n) is 4.79. The van der Waals surface area contributed by atoms with E-state index in [0.29, 0.717) is 6.04 Å². The zero-order valence-corrected chi connectivity index (χ0v) is 14.9. The summed E-state index contributed by atoms with van der Waals surface area (Å²) in [5.41, 5.74) is 2.58. The van der Waals surface area contributed by atoms with Crippen LogP contribution in [0, 0.1) is 0 Å². The topological polar surface area (TPSA) is 21.3 Å². The van der Waals surface area contributed by atoms with Crippen LogP contribution in [0.15, 0.2) is 51.8 Å². The summed E-state index contributed by atoms with van der Waals surface area (Å²) in [6.07, 6.45) is 3.04. The van der Waals surface area contributed by atoms with Crippen LogP contribution in [0.5, 0.6) is 5.75 Å². The van der Waals surface area contributed by atoms with Gasteiger partial charge in [0.05, 0.1) is 11.6 Å². The van der Waals surface area contributed by atoms with Gasteiger partial charge in [0.15, 0.2) is 0 Å². The number of hydrogen-bond donors (Lipinski definition) is 1. The van der Waals surface area contributed by atoms with E-state index < -0.39 is 0 Å². The molecule has 0 aliphatic heterocycles. The Kier molecular flexibility index (Phi) is 6.15. The van der Waals surface area contributed by atoms with Gasteiger partial charge in [-0.15, -0.1) is 11.8 Å². The molecular weight excluding hydrogens is 346 g/mol. The Morgan fingerprint density at radius 2 is 1.90 bits per heavy atom. The fourth-order valence-corrected chi connectivity index (χ4v) is 3.29. The molecule has 1 unspecified atom stereocenters. The van der Waals surface area contributed by atoms with E-state index in [0.717, 1.165) is 16.6 Å². The molecule has 2 nitrogen and oxygen atoms in total. The van der Waals surface area contributed by atoms with Gasteiger partial charge in [-0.3, -0.25) is 0 Å². The summed E-state index contributed by atoms with van der Waals surface area (Å²) in [7, 11) is 3.69. The molecule has 2 rings (SSSR count). The molecule has 0 saturated heterocycles. The highest BCUT2D eigenvalue weighted by atomic mass is 79.9. The van der Waals surface area contributed by atoms with E-state index in [1.54, 1.807) is 18.9 Å². The van der Waals surface area contributed by atoms with Crippen LogP contribution >= 0.6 is 27.7 Å². The molecule has 0 bridgehead atoms. The van der Waals surface area contributed by atoms with E-state index in [-0.39, 0.29) is 0 Å². The highest BCUT2D eigenvalue weighted by molar-refractivity contribution is 9.10. The molecule has 0 amide bonds. The average Bonchev–Trinajstić information content (AvgIpc) is 2.53. The average molecular weight is 366 g/mol. The van der Waals surface area contributed by atoms with Gasteiger partial charge in [-0.05, 0) is 71.0 Å². The molecule has 2 aromatic carbocycles. The number of ether oxygens (including phenoxy) is 1. The first-order valence-corrected chi connectivity index (χ1v) is 8.83. The molecule has 0 spiro atoms. The second-order valence-corrected chi connectivity index (χ2v) is 6.52. The predicted molar refractivity (Wildman–Crippen MR) is 94.4 cm³/mol. The summed E-state index contributed by atoms with van der Waals surface area (Å²) < 4.78 is 6.27. The third-order valence-corrected chi connectivity index (χ3v) is 4.89. The molecule has 2 aromatic rings. The minimum absolute atomic E-state index is 0.307. The van der Waals surface area contributed by atoms with E-state index in [1.807, 2.05) is 13.1 Å². The third-order valence-electron chi connectivity index (χ3n) is 3.52. The third kappa shape index (κ3) is 4.25. The van der Waals surface area contributed by atoms with E-state index >= 15 is 0 Å². The molecule has 0 aliphatic rings. The standard InChI is InChI=1S/C17H20BrNOS/c1-19-16(13-5-7-14(21-3)8-6-13)11-12-4-9-17(20-2)15(18)10-12/h4-10,16,19H,11H2,1-3H3. The van der Waals surface area contributed by atoms with Crippen molar-refractivity contribution in [3.05, 3.63) is 58.1 Å².